The molecule has 2 amide bonds. The summed E-state index contributed by atoms with van der Waals surface area (Å²) >= 11 is 0. The number of likely N-dealkylation sites (tertiary alicyclic amines) is 1. The van der Waals surface area contributed by atoms with Gasteiger partial charge in [0.15, 0.2) is 0 Å². The van der Waals surface area contributed by atoms with Crippen LogP contribution in [0, 0.1) is 6.92 Å². The van der Waals surface area contributed by atoms with Gasteiger partial charge in [-0.15, -0.1) is 0 Å². The molecular weight excluding hydrogens is 244 g/mol. The highest BCUT2D eigenvalue weighted by atomic mass is 16.3. The van der Waals surface area contributed by atoms with E-state index in [1.54, 1.807) is 17.0 Å². The smallest absolute Gasteiger partial charge is 0.251 e. The molecule has 0 radical (unpaired) electrons. The van der Waals surface area contributed by atoms with Gasteiger partial charge >= 0.3 is 0 Å². The van der Waals surface area contributed by atoms with E-state index in [9.17, 15) is 14.7 Å². The molecule has 1 aliphatic rings. The lowest BCUT2D eigenvalue weighted by Crippen LogP contribution is -2.39. The Bertz CT molecular complexity index is 470. The molecule has 5 nitrogen and oxygen atoms in total. The molecular formula is C14H18N2O3. The molecule has 5 heteroatoms. The van der Waals surface area contributed by atoms with Gasteiger partial charge in [-0.25, -0.2) is 0 Å². The molecule has 1 aromatic rings. The summed E-state index contributed by atoms with van der Waals surface area (Å²) in [6, 6.07) is 7.17. The normalized spacial score (nSPS) is 18.4. The van der Waals surface area contributed by atoms with Crippen LogP contribution in [0.3, 0.4) is 0 Å². The second-order valence-corrected chi connectivity index (χ2v) is 4.83. The molecule has 1 aromatic carbocycles. The highest BCUT2D eigenvalue weighted by Crippen LogP contribution is 2.08. The standard InChI is InChI=1S/C14H18N2O3/c1-10-2-4-11(5-3-10)14(19)15-8-13(18)16-7-6-12(17)9-16/h2-5,12,17H,6-9H2,1H3,(H,15,19). The van der Waals surface area contributed by atoms with Crippen molar-refractivity contribution in [3.05, 3.63) is 35.4 Å². The number of carbonyl (C=O) groups is 2. The lowest BCUT2D eigenvalue weighted by molar-refractivity contribution is -0.129. The van der Waals surface area contributed by atoms with Gasteiger partial charge in [0, 0.05) is 18.7 Å². The van der Waals surface area contributed by atoms with Crippen molar-refractivity contribution in [2.24, 2.45) is 0 Å². The van der Waals surface area contributed by atoms with Gasteiger partial charge < -0.3 is 15.3 Å². The van der Waals surface area contributed by atoms with E-state index in [4.69, 9.17) is 0 Å². The lowest BCUT2D eigenvalue weighted by Gasteiger charge is -2.15. The zero-order valence-electron chi connectivity index (χ0n) is 10.9. The number of amides is 2. The molecule has 2 N–H and O–H groups in total. The van der Waals surface area contributed by atoms with Crippen LogP contribution in [0.5, 0.6) is 0 Å². The van der Waals surface area contributed by atoms with Crippen molar-refractivity contribution in [3.63, 3.8) is 0 Å². The van der Waals surface area contributed by atoms with Crippen molar-refractivity contribution in [1.82, 2.24) is 10.2 Å². The number of nitrogens with one attached hydrogen (secondary N) is 1. The van der Waals surface area contributed by atoms with E-state index in [0.29, 0.717) is 25.1 Å². The van der Waals surface area contributed by atoms with Gasteiger partial charge in [0.1, 0.15) is 0 Å². The number of aryl methyl sites for hydroxylation is 1. The summed E-state index contributed by atoms with van der Waals surface area (Å²) in [5.41, 5.74) is 1.62. The Hall–Kier alpha value is -1.88. The number of β-amino-alcohol motifs (C(OH)–C–C–N with tert-alkyl or cyclic N) is 1. The van der Waals surface area contributed by atoms with Crippen LogP contribution in [0.1, 0.15) is 22.3 Å². The summed E-state index contributed by atoms with van der Waals surface area (Å²) in [5.74, 6) is -0.412. The minimum Gasteiger partial charge on any atom is -0.391 e. The van der Waals surface area contributed by atoms with Crippen LogP contribution in [0.4, 0.5) is 0 Å². The van der Waals surface area contributed by atoms with Crippen LogP contribution < -0.4 is 5.32 Å². The minimum atomic E-state index is -0.434. The first kappa shape index (κ1) is 13.5. The largest absolute Gasteiger partial charge is 0.391 e. The molecule has 102 valence electrons. The van der Waals surface area contributed by atoms with E-state index in [2.05, 4.69) is 5.32 Å². The molecule has 1 atom stereocenters. The summed E-state index contributed by atoms with van der Waals surface area (Å²) in [6.45, 7) is 2.84. The molecule has 1 saturated heterocycles. The number of hydrogen-bond donors (Lipinski definition) is 2. The van der Waals surface area contributed by atoms with Crippen molar-refractivity contribution in [2.45, 2.75) is 19.4 Å². The van der Waals surface area contributed by atoms with Gasteiger partial charge in [-0.3, -0.25) is 9.59 Å². The Balaban J connectivity index is 1.83. The number of rotatable bonds is 3. The Kier molecular flexibility index (Phi) is 4.16. The van der Waals surface area contributed by atoms with Crippen molar-refractivity contribution in [2.75, 3.05) is 19.6 Å². The molecule has 0 spiro atoms. The fourth-order valence-electron chi connectivity index (χ4n) is 2.04. The fourth-order valence-corrected chi connectivity index (χ4v) is 2.04. The topological polar surface area (TPSA) is 69.6 Å². The molecule has 1 fully saturated rings. The Morgan fingerprint density at radius 2 is 2.05 bits per heavy atom. The SMILES string of the molecule is Cc1ccc(C(=O)NCC(=O)N2CCC(O)C2)cc1. The number of aliphatic hydroxyl groups excluding tert-OH is 1. The van der Waals surface area contributed by atoms with Crippen LogP contribution in [-0.4, -0.2) is 47.6 Å². The summed E-state index contributed by atoms with van der Waals surface area (Å²) in [5, 5.41) is 11.9. The Morgan fingerprint density at radius 1 is 1.37 bits per heavy atom. The number of hydrogen-bond acceptors (Lipinski definition) is 3. The third kappa shape index (κ3) is 3.54. The average Bonchev–Trinajstić information content (AvgIpc) is 2.83. The third-order valence-electron chi connectivity index (χ3n) is 3.23. The number of benzene rings is 1. The highest BCUT2D eigenvalue weighted by molar-refractivity contribution is 5.96. The fraction of sp³-hybridized carbons (Fsp3) is 0.429. The maximum Gasteiger partial charge on any atom is 0.251 e. The monoisotopic (exact) mass is 262 g/mol. The summed E-state index contributed by atoms with van der Waals surface area (Å²) < 4.78 is 0. The molecule has 1 heterocycles. The second kappa shape index (κ2) is 5.84. The molecule has 1 aliphatic heterocycles. The molecule has 1 unspecified atom stereocenters. The van der Waals surface area contributed by atoms with E-state index < -0.39 is 6.10 Å². The van der Waals surface area contributed by atoms with Crippen molar-refractivity contribution in [1.29, 1.82) is 0 Å². The molecule has 0 bridgehead atoms. The lowest BCUT2D eigenvalue weighted by atomic mass is 10.1. The predicted molar refractivity (Wildman–Crippen MR) is 70.7 cm³/mol. The number of aliphatic hydroxyl groups is 1. The highest BCUT2D eigenvalue weighted by Gasteiger charge is 2.24. The van der Waals surface area contributed by atoms with Gasteiger partial charge in [0.25, 0.3) is 5.91 Å². The van der Waals surface area contributed by atoms with Crippen molar-refractivity contribution < 1.29 is 14.7 Å². The van der Waals surface area contributed by atoms with Crippen molar-refractivity contribution in [3.8, 4) is 0 Å². The minimum absolute atomic E-state index is 0.0283. The van der Waals surface area contributed by atoms with Crippen LogP contribution in [0.2, 0.25) is 0 Å². The van der Waals surface area contributed by atoms with E-state index >= 15 is 0 Å². The quantitative estimate of drug-likeness (QED) is 0.824. The molecule has 0 aliphatic carbocycles. The van der Waals surface area contributed by atoms with E-state index in [1.807, 2.05) is 19.1 Å². The zero-order chi connectivity index (χ0) is 13.8. The van der Waals surface area contributed by atoms with E-state index in [-0.39, 0.29) is 18.4 Å². The summed E-state index contributed by atoms with van der Waals surface area (Å²) in [6.07, 6.45) is 0.175. The summed E-state index contributed by atoms with van der Waals surface area (Å²) in [4.78, 5) is 25.2. The first-order valence-electron chi connectivity index (χ1n) is 6.37. The summed E-state index contributed by atoms with van der Waals surface area (Å²) in [7, 11) is 0. The predicted octanol–water partition coefficient (Wildman–Crippen LogP) is 0.318. The van der Waals surface area contributed by atoms with E-state index in [1.165, 1.54) is 0 Å². The number of carbonyl (C=O) groups excluding carboxylic acids is 2. The molecule has 0 saturated carbocycles. The van der Waals surface area contributed by atoms with Gasteiger partial charge in [-0.05, 0) is 25.5 Å². The van der Waals surface area contributed by atoms with Crippen molar-refractivity contribution >= 4 is 11.8 Å². The first-order valence-corrected chi connectivity index (χ1v) is 6.37. The Morgan fingerprint density at radius 3 is 2.63 bits per heavy atom. The molecule has 0 aromatic heterocycles. The zero-order valence-corrected chi connectivity index (χ0v) is 10.9. The maximum absolute atomic E-state index is 11.8. The maximum atomic E-state index is 11.8. The van der Waals surface area contributed by atoms with Crippen LogP contribution in [0.15, 0.2) is 24.3 Å². The third-order valence-corrected chi connectivity index (χ3v) is 3.23. The van der Waals surface area contributed by atoms with Gasteiger partial charge in [0.2, 0.25) is 5.91 Å². The molecule has 2 rings (SSSR count). The number of nitrogens with zero attached hydrogens (tertiary/aromatic N) is 1. The average molecular weight is 262 g/mol. The van der Waals surface area contributed by atoms with Gasteiger partial charge in [-0.2, -0.15) is 0 Å². The van der Waals surface area contributed by atoms with Crippen LogP contribution >= 0.6 is 0 Å². The van der Waals surface area contributed by atoms with Crippen LogP contribution in [-0.2, 0) is 4.79 Å². The first-order chi connectivity index (χ1) is 9.06. The van der Waals surface area contributed by atoms with Gasteiger partial charge in [-0.1, -0.05) is 17.7 Å². The van der Waals surface area contributed by atoms with Crippen LogP contribution in [0.25, 0.3) is 0 Å². The second-order valence-electron chi connectivity index (χ2n) is 4.83. The van der Waals surface area contributed by atoms with Gasteiger partial charge in [0.05, 0.1) is 12.6 Å². The van der Waals surface area contributed by atoms with E-state index in [0.717, 1.165) is 5.56 Å². The Labute approximate surface area is 112 Å². The molecule has 19 heavy (non-hydrogen) atoms.